The minimum absolute atomic E-state index is 0.0350. The predicted octanol–water partition coefficient (Wildman–Crippen LogP) is 4.15. The van der Waals surface area contributed by atoms with Gasteiger partial charge in [0, 0.05) is 6.61 Å². The average Bonchev–Trinajstić information content (AvgIpc) is 2.68. The molecule has 6 heteroatoms. The van der Waals surface area contributed by atoms with E-state index in [-0.39, 0.29) is 12.6 Å². The molecule has 0 aromatic carbocycles. The van der Waals surface area contributed by atoms with E-state index in [1.165, 1.54) is 64.9 Å². The first kappa shape index (κ1) is 26.3. The molecule has 0 fully saturated rings. The number of carbonyl (C=O) groups excluding carboxylic acids is 1. The van der Waals surface area contributed by atoms with Gasteiger partial charge in [0.15, 0.2) is 0 Å². The summed E-state index contributed by atoms with van der Waals surface area (Å²) in [6.45, 7) is 6.16. The van der Waals surface area contributed by atoms with Crippen LogP contribution in [0.15, 0.2) is 0 Å². The lowest BCUT2D eigenvalue weighted by Gasteiger charge is -2.07. The summed E-state index contributed by atoms with van der Waals surface area (Å²) in [6.07, 6.45) is 13.4. The molecule has 0 radical (unpaired) electrons. The first-order valence-electron chi connectivity index (χ1n) is 10.7. The molecule has 0 aromatic heterocycles. The number of hydrogen-bond acceptors (Lipinski definition) is 6. The number of unbranched alkanes of at least 4 members (excludes halogenated alkanes) is 9. The molecule has 0 spiro atoms. The van der Waals surface area contributed by atoms with E-state index in [1.807, 2.05) is 0 Å². The smallest absolute Gasteiger partial charge is 0.331 e. The van der Waals surface area contributed by atoms with Gasteiger partial charge in [-0.15, -0.1) is 0 Å². The van der Waals surface area contributed by atoms with Crippen LogP contribution in [0.25, 0.3) is 0 Å². The summed E-state index contributed by atoms with van der Waals surface area (Å²) >= 11 is 0. The minimum Gasteiger partial charge on any atom is -0.467 e. The number of ether oxygens (including phenoxy) is 5. The first-order chi connectivity index (χ1) is 13.3. The Morgan fingerprint density at radius 3 is 1.44 bits per heavy atom. The lowest BCUT2D eigenvalue weighted by molar-refractivity contribution is -0.146. The highest BCUT2D eigenvalue weighted by Crippen LogP contribution is 2.10. The lowest BCUT2D eigenvalue weighted by atomic mass is 10.1. The molecular weight excluding hydrogens is 348 g/mol. The molecule has 0 aliphatic carbocycles. The van der Waals surface area contributed by atoms with E-state index in [4.69, 9.17) is 18.9 Å². The Bertz CT molecular complexity index is 298. The second kappa shape index (κ2) is 23.3. The molecule has 0 unspecified atom stereocenters. The van der Waals surface area contributed by atoms with Crippen LogP contribution in [0.5, 0.6) is 0 Å². The molecule has 0 heterocycles. The van der Waals surface area contributed by atoms with Crippen LogP contribution in [0.1, 0.15) is 71.1 Å². The van der Waals surface area contributed by atoms with Crippen LogP contribution < -0.4 is 0 Å². The van der Waals surface area contributed by atoms with Gasteiger partial charge in [-0.3, -0.25) is 0 Å². The van der Waals surface area contributed by atoms with Crippen LogP contribution in [-0.4, -0.2) is 65.9 Å². The molecule has 0 aliphatic rings. The summed E-state index contributed by atoms with van der Waals surface area (Å²) in [4.78, 5) is 10.8. The van der Waals surface area contributed by atoms with Crippen molar-refractivity contribution in [1.29, 1.82) is 0 Å². The van der Waals surface area contributed by atoms with E-state index in [9.17, 15) is 4.79 Å². The summed E-state index contributed by atoms with van der Waals surface area (Å²) in [6, 6.07) is 0. The average molecular weight is 391 g/mol. The van der Waals surface area contributed by atoms with Gasteiger partial charge in [-0.05, 0) is 6.42 Å². The maximum Gasteiger partial charge on any atom is 0.331 e. The monoisotopic (exact) mass is 390 g/mol. The second-order valence-electron chi connectivity index (χ2n) is 6.65. The van der Waals surface area contributed by atoms with Crippen LogP contribution >= 0.6 is 0 Å². The van der Waals surface area contributed by atoms with Crippen molar-refractivity contribution in [3.8, 4) is 0 Å². The van der Waals surface area contributed by atoms with Crippen molar-refractivity contribution in [2.24, 2.45) is 0 Å². The quantitative estimate of drug-likeness (QED) is 0.204. The third kappa shape index (κ3) is 23.3. The molecule has 0 atom stereocenters. The van der Waals surface area contributed by atoms with E-state index in [1.54, 1.807) is 0 Å². The fraction of sp³-hybridized carbons (Fsp3) is 0.952. The molecule has 0 saturated heterocycles. The van der Waals surface area contributed by atoms with Crippen molar-refractivity contribution in [3.63, 3.8) is 0 Å². The van der Waals surface area contributed by atoms with Gasteiger partial charge in [0.25, 0.3) is 0 Å². The topological polar surface area (TPSA) is 63.2 Å². The van der Waals surface area contributed by atoms with Crippen molar-refractivity contribution in [2.75, 3.05) is 60.0 Å². The van der Waals surface area contributed by atoms with Gasteiger partial charge < -0.3 is 23.7 Å². The van der Waals surface area contributed by atoms with E-state index >= 15 is 0 Å². The number of hydrogen-bond donors (Lipinski definition) is 0. The molecule has 0 bridgehead atoms. The highest BCUT2D eigenvalue weighted by atomic mass is 16.6. The Morgan fingerprint density at radius 1 is 0.556 bits per heavy atom. The fourth-order valence-electron chi connectivity index (χ4n) is 2.57. The Labute approximate surface area is 166 Å². The maximum atomic E-state index is 10.8. The Balaban J connectivity index is 3.00. The normalized spacial score (nSPS) is 11.0. The summed E-state index contributed by atoms with van der Waals surface area (Å²) in [5, 5.41) is 0. The molecule has 0 aliphatic heterocycles. The van der Waals surface area contributed by atoms with Crippen LogP contribution in [0.4, 0.5) is 0 Å². The molecule has 0 aromatic rings. The number of rotatable bonds is 22. The fourth-order valence-corrected chi connectivity index (χ4v) is 2.57. The maximum absolute atomic E-state index is 10.8. The van der Waals surface area contributed by atoms with Gasteiger partial charge in [-0.25, -0.2) is 4.79 Å². The molecule has 0 saturated carbocycles. The van der Waals surface area contributed by atoms with E-state index < -0.39 is 0 Å². The molecule has 0 rings (SSSR count). The van der Waals surface area contributed by atoms with Gasteiger partial charge >= 0.3 is 5.97 Å². The third-order valence-corrected chi connectivity index (χ3v) is 4.21. The molecule has 6 nitrogen and oxygen atoms in total. The number of methoxy groups -OCH3 is 1. The van der Waals surface area contributed by atoms with Crippen LogP contribution in [-0.2, 0) is 28.5 Å². The molecule has 0 N–H and O–H groups in total. The zero-order valence-electron chi connectivity index (χ0n) is 17.7. The minimum atomic E-state index is -0.379. The Hall–Kier alpha value is -0.690. The molecular formula is C21H42O6. The summed E-state index contributed by atoms with van der Waals surface area (Å²) < 4.78 is 25.8. The molecule has 0 amide bonds. The highest BCUT2D eigenvalue weighted by Gasteiger charge is 1.99. The van der Waals surface area contributed by atoms with Gasteiger partial charge in [0.1, 0.15) is 6.61 Å². The molecule has 27 heavy (non-hydrogen) atoms. The number of carbonyl (C=O) groups is 1. The largest absolute Gasteiger partial charge is 0.467 e. The third-order valence-electron chi connectivity index (χ3n) is 4.21. The number of esters is 1. The van der Waals surface area contributed by atoms with Crippen LogP contribution in [0.2, 0.25) is 0 Å². The van der Waals surface area contributed by atoms with Crippen molar-refractivity contribution in [1.82, 2.24) is 0 Å². The van der Waals surface area contributed by atoms with E-state index in [0.717, 1.165) is 13.0 Å². The second-order valence-corrected chi connectivity index (χ2v) is 6.65. The van der Waals surface area contributed by atoms with Crippen molar-refractivity contribution in [2.45, 2.75) is 71.1 Å². The Kier molecular flexibility index (Phi) is 22.8. The van der Waals surface area contributed by atoms with E-state index in [2.05, 4.69) is 11.7 Å². The summed E-state index contributed by atoms with van der Waals surface area (Å²) in [7, 11) is 1.33. The van der Waals surface area contributed by atoms with E-state index in [0.29, 0.717) is 39.6 Å². The summed E-state index contributed by atoms with van der Waals surface area (Å²) in [5.74, 6) is -0.379. The van der Waals surface area contributed by atoms with Crippen molar-refractivity contribution >= 4 is 5.97 Å². The Morgan fingerprint density at radius 2 is 0.963 bits per heavy atom. The standard InChI is InChI=1S/C21H42O6/c1-3-4-5-6-7-8-9-10-11-12-13-24-14-15-25-16-17-26-18-19-27-20-21(22)23-2/h3-20H2,1-2H3. The summed E-state index contributed by atoms with van der Waals surface area (Å²) in [5.41, 5.74) is 0. The van der Waals surface area contributed by atoms with Gasteiger partial charge in [0.05, 0.1) is 46.8 Å². The van der Waals surface area contributed by atoms with Gasteiger partial charge in [-0.2, -0.15) is 0 Å². The molecule has 162 valence electrons. The van der Waals surface area contributed by atoms with Gasteiger partial charge in [-0.1, -0.05) is 64.7 Å². The van der Waals surface area contributed by atoms with Crippen LogP contribution in [0, 0.1) is 0 Å². The van der Waals surface area contributed by atoms with Gasteiger partial charge in [0.2, 0.25) is 0 Å². The lowest BCUT2D eigenvalue weighted by Crippen LogP contribution is -2.15. The van der Waals surface area contributed by atoms with Crippen molar-refractivity contribution < 1.29 is 28.5 Å². The van der Waals surface area contributed by atoms with Crippen molar-refractivity contribution in [3.05, 3.63) is 0 Å². The highest BCUT2D eigenvalue weighted by molar-refractivity contribution is 5.70. The SMILES string of the molecule is CCCCCCCCCCCCOCCOCCOCCOCC(=O)OC. The predicted molar refractivity (Wildman–Crippen MR) is 107 cm³/mol. The zero-order chi connectivity index (χ0) is 19.8. The zero-order valence-corrected chi connectivity index (χ0v) is 17.7. The first-order valence-corrected chi connectivity index (χ1v) is 10.7. The van der Waals surface area contributed by atoms with Crippen LogP contribution in [0.3, 0.4) is 0 Å².